The molecule has 4 aromatic rings. The van der Waals surface area contributed by atoms with Crippen molar-refractivity contribution in [1.82, 2.24) is 9.38 Å². The molecule has 0 fully saturated rings. The molecule has 2 heterocycles. The average molecular weight is 426 g/mol. The van der Waals surface area contributed by atoms with Crippen molar-refractivity contribution in [2.45, 2.75) is 13.8 Å². The minimum Gasteiger partial charge on any atom is -0.501 e. The fraction of sp³-hybridized carbons (Fsp3) is 0.148. The Bertz CT molecular complexity index is 1280. The van der Waals surface area contributed by atoms with Gasteiger partial charge in [-0.3, -0.25) is 4.40 Å². The fourth-order valence-corrected chi connectivity index (χ4v) is 3.77. The monoisotopic (exact) mass is 425 g/mol. The molecule has 0 spiro atoms. The summed E-state index contributed by atoms with van der Waals surface area (Å²) in [5, 5.41) is 3.53. The zero-order valence-electron chi connectivity index (χ0n) is 18.8. The Morgan fingerprint density at radius 3 is 2.28 bits per heavy atom. The first kappa shape index (κ1) is 21.2. The number of hydrogen-bond acceptors (Lipinski definition) is 4. The third-order valence-corrected chi connectivity index (χ3v) is 5.41. The van der Waals surface area contributed by atoms with Crippen molar-refractivity contribution >= 4 is 22.7 Å². The minimum absolute atomic E-state index is 0.817. The quantitative estimate of drug-likeness (QED) is 0.264. The first-order valence-electron chi connectivity index (χ1n) is 10.4. The summed E-state index contributed by atoms with van der Waals surface area (Å²) < 4.78 is 12.8. The zero-order valence-corrected chi connectivity index (χ0v) is 18.8. The first-order chi connectivity index (χ1) is 15.5. The summed E-state index contributed by atoms with van der Waals surface area (Å²) in [6, 6.07) is 22.2. The van der Waals surface area contributed by atoms with Crippen LogP contribution in [0.25, 0.3) is 22.5 Å². The van der Waals surface area contributed by atoms with Gasteiger partial charge in [-0.15, -0.1) is 0 Å². The smallest absolute Gasteiger partial charge is 0.143 e. The van der Waals surface area contributed by atoms with E-state index >= 15 is 0 Å². The highest BCUT2D eigenvalue weighted by atomic mass is 16.5. The second kappa shape index (κ2) is 9.02. The Labute approximate surface area is 188 Å². The lowest BCUT2D eigenvalue weighted by atomic mass is 9.97. The van der Waals surface area contributed by atoms with E-state index < -0.39 is 0 Å². The molecule has 0 bridgehead atoms. The number of pyridine rings is 1. The van der Waals surface area contributed by atoms with Crippen molar-refractivity contribution in [2.75, 3.05) is 19.5 Å². The number of nitrogens with zero attached hydrogens (tertiary/aromatic N) is 2. The number of anilines is 2. The van der Waals surface area contributed by atoms with Crippen LogP contribution in [0.3, 0.4) is 0 Å². The van der Waals surface area contributed by atoms with E-state index in [1.54, 1.807) is 14.2 Å². The Hall–Kier alpha value is -3.99. The van der Waals surface area contributed by atoms with E-state index in [0.29, 0.717) is 0 Å². The number of aromatic nitrogens is 2. The second-order valence-corrected chi connectivity index (χ2v) is 7.58. The minimum atomic E-state index is 0.817. The van der Waals surface area contributed by atoms with Gasteiger partial charge in [0.2, 0.25) is 0 Å². The Balaban J connectivity index is 1.77. The van der Waals surface area contributed by atoms with Gasteiger partial charge >= 0.3 is 0 Å². The van der Waals surface area contributed by atoms with Crippen molar-refractivity contribution in [1.29, 1.82) is 0 Å². The van der Waals surface area contributed by atoms with Crippen LogP contribution in [0.5, 0.6) is 5.75 Å². The summed E-state index contributed by atoms with van der Waals surface area (Å²) in [5.74, 6) is 2.57. The van der Waals surface area contributed by atoms with Crippen molar-refractivity contribution in [2.24, 2.45) is 0 Å². The van der Waals surface area contributed by atoms with E-state index in [2.05, 4.69) is 40.6 Å². The largest absolute Gasteiger partial charge is 0.501 e. The maximum atomic E-state index is 5.47. The van der Waals surface area contributed by atoms with Crippen molar-refractivity contribution < 1.29 is 9.47 Å². The summed E-state index contributed by atoms with van der Waals surface area (Å²) in [5.41, 5.74) is 6.77. The number of rotatable bonds is 7. The molecule has 162 valence electrons. The van der Waals surface area contributed by atoms with Crippen LogP contribution in [0.2, 0.25) is 0 Å². The molecule has 0 aliphatic rings. The van der Waals surface area contributed by atoms with Crippen molar-refractivity contribution in [3.05, 3.63) is 96.4 Å². The number of benzene rings is 2. The van der Waals surface area contributed by atoms with Crippen LogP contribution in [-0.4, -0.2) is 23.6 Å². The predicted molar refractivity (Wildman–Crippen MR) is 131 cm³/mol. The molecule has 2 aromatic heterocycles. The summed E-state index contributed by atoms with van der Waals surface area (Å²) in [6.45, 7) is 8.06. The van der Waals surface area contributed by atoms with E-state index in [9.17, 15) is 0 Å². The molecular weight excluding hydrogens is 398 g/mol. The average Bonchev–Trinajstić information content (AvgIpc) is 3.18. The molecule has 0 amide bonds. The van der Waals surface area contributed by atoms with Gasteiger partial charge in [-0.05, 0) is 61.4 Å². The van der Waals surface area contributed by atoms with Gasteiger partial charge in [0.25, 0.3) is 0 Å². The van der Waals surface area contributed by atoms with Gasteiger partial charge in [-0.25, -0.2) is 4.98 Å². The topological polar surface area (TPSA) is 47.8 Å². The lowest BCUT2D eigenvalue weighted by molar-refractivity contribution is 0.296. The molecule has 0 saturated carbocycles. The van der Waals surface area contributed by atoms with Gasteiger partial charge in [0, 0.05) is 23.0 Å². The van der Waals surface area contributed by atoms with Gasteiger partial charge in [0.15, 0.2) is 0 Å². The highest BCUT2D eigenvalue weighted by Gasteiger charge is 2.15. The molecule has 1 N–H and O–H groups in total. The molecule has 0 unspecified atom stereocenters. The zero-order chi connectivity index (χ0) is 22.7. The molecule has 5 nitrogen and oxygen atoms in total. The normalized spacial score (nSPS) is 11.8. The maximum Gasteiger partial charge on any atom is 0.143 e. The van der Waals surface area contributed by atoms with Crippen LogP contribution >= 0.6 is 0 Å². The molecule has 4 rings (SSSR count). The number of nitrogens with one attached hydrogen (secondary N) is 1. The summed E-state index contributed by atoms with van der Waals surface area (Å²) >= 11 is 0. The molecule has 5 heteroatoms. The Kier molecular flexibility index (Phi) is 5.99. The summed E-state index contributed by atoms with van der Waals surface area (Å²) in [4.78, 5) is 4.90. The number of hydrogen-bond donors (Lipinski definition) is 1. The highest BCUT2D eigenvalue weighted by Crippen LogP contribution is 2.33. The van der Waals surface area contributed by atoms with Crippen LogP contribution in [0.4, 0.5) is 11.5 Å². The molecule has 0 aliphatic carbocycles. The van der Waals surface area contributed by atoms with E-state index in [1.165, 1.54) is 0 Å². The van der Waals surface area contributed by atoms with E-state index in [0.717, 1.165) is 56.6 Å². The van der Waals surface area contributed by atoms with Gasteiger partial charge in [-0.2, -0.15) is 0 Å². The number of methoxy groups -OCH3 is 2. The van der Waals surface area contributed by atoms with E-state index in [-0.39, 0.29) is 0 Å². The lowest BCUT2D eigenvalue weighted by Gasteiger charge is -2.13. The molecular formula is C27H27N3O2. The van der Waals surface area contributed by atoms with Crippen molar-refractivity contribution in [3.8, 4) is 17.0 Å². The van der Waals surface area contributed by atoms with E-state index in [4.69, 9.17) is 14.5 Å². The highest BCUT2D eigenvalue weighted by molar-refractivity contribution is 5.83. The van der Waals surface area contributed by atoms with Crippen LogP contribution < -0.4 is 10.1 Å². The van der Waals surface area contributed by atoms with Gasteiger partial charge in [-0.1, -0.05) is 36.9 Å². The van der Waals surface area contributed by atoms with Crippen LogP contribution in [0.1, 0.15) is 19.4 Å². The van der Waals surface area contributed by atoms with Crippen LogP contribution in [0, 0.1) is 0 Å². The standard InChI is InChI=1S/C27H27N3O2/c1-18(2)25(19(3)31-4)20-9-11-21(12-10-20)26-27(30-17-7-6-8-24(30)29-26)28-22-13-15-23(32-5)16-14-22/h6-17,28H,1H2,2-5H3/b25-19+. The first-order valence-corrected chi connectivity index (χ1v) is 10.4. The molecule has 32 heavy (non-hydrogen) atoms. The van der Waals surface area contributed by atoms with E-state index in [1.807, 2.05) is 62.5 Å². The summed E-state index contributed by atoms with van der Waals surface area (Å²) in [6.07, 6.45) is 2.01. The maximum absolute atomic E-state index is 5.47. The predicted octanol–water partition coefficient (Wildman–Crippen LogP) is 6.71. The van der Waals surface area contributed by atoms with Crippen LogP contribution in [0.15, 0.2) is 90.8 Å². The number of fused-ring (bicyclic) bond motifs is 1. The third kappa shape index (κ3) is 4.10. The van der Waals surface area contributed by atoms with Crippen molar-refractivity contribution in [3.63, 3.8) is 0 Å². The SMILES string of the molecule is C=C(C)/C(=C(/C)OC)c1ccc(-c2nc3ccccn3c2Nc2ccc(OC)cc2)cc1. The number of ether oxygens (including phenoxy) is 2. The van der Waals surface area contributed by atoms with Crippen LogP contribution in [-0.2, 0) is 4.74 Å². The van der Waals surface area contributed by atoms with Gasteiger partial charge in [0.05, 0.1) is 14.2 Å². The number of imidazole rings is 1. The third-order valence-electron chi connectivity index (χ3n) is 5.41. The van der Waals surface area contributed by atoms with Gasteiger partial charge < -0.3 is 14.8 Å². The lowest BCUT2D eigenvalue weighted by Crippen LogP contribution is -1.97. The summed E-state index contributed by atoms with van der Waals surface area (Å²) in [7, 11) is 3.34. The number of allylic oxidation sites excluding steroid dienone is 3. The molecule has 2 aromatic carbocycles. The molecule has 0 atom stereocenters. The fourth-order valence-electron chi connectivity index (χ4n) is 3.77. The van der Waals surface area contributed by atoms with Gasteiger partial charge in [0.1, 0.15) is 28.7 Å². The Morgan fingerprint density at radius 1 is 0.938 bits per heavy atom. The Morgan fingerprint density at radius 2 is 1.66 bits per heavy atom. The molecule has 0 radical (unpaired) electrons. The molecule has 0 saturated heterocycles. The molecule has 0 aliphatic heterocycles. The second-order valence-electron chi connectivity index (χ2n) is 7.58.